The van der Waals surface area contributed by atoms with E-state index in [4.69, 9.17) is 4.74 Å². The van der Waals surface area contributed by atoms with E-state index in [1.165, 1.54) is 18.3 Å². The maximum atomic E-state index is 12.8. The molecular weight excluding hydrogens is 357 g/mol. The second-order valence-corrected chi connectivity index (χ2v) is 5.52. The minimum atomic E-state index is -4.40. The molecule has 0 aliphatic heterocycles. The lowest BCUT2D eigenvalue weighted by Crippen LogP contribution is -2.06. The molecule has 1 heterocycles. The summed E-state index contributed by atoms with van der Waals surface area (Å²) in [6.45, 7) is 2.39. The summed E-state index contributed by atoms with van der Waals surface area (Å²) in [4.78, 5) is 8.42. The van der Waals surface area contributed by atoms with E-state index in [0.717, 1.165) is 12.1 Å². The van der Waals surface area contributed by atoms with E-state index in [1.807, 2.05) is 31.2 Å². The zero-order valence-electron chi connectivity index (χ0n) is 14.4. The number of rotatable bonds is 6. The summed E-state index contributed by atoms with van der Waals surface area (Å²) in [5.74, 6) is 1.31. The van der Waals surface area contributed by atoms with Crippen LogP contribution in [0.25, 0.3) is 0 Å². The summed E-state index contributed by atoms with van der Waals surface area (Å²) in [5, 5.41) is 5.91. The summed E-state index contributed by atoms with van der Waals surface area (Å²) in [5.41, 5.74) is 0.241. The van der Waals surface area contributed by atoms with Crippen LogP contribution in [0.4, 0.5) is 36.3 Å². The number of hydrogen-bond acceptors (Lipinski definition) is 5. The van der Waals surface area contributed by atoms with Crippen molar-refractivity contribution < 1.29 is 17.9 Å². The van der Waals surface area contributed by atoms with Gasteiger partial charge in [0.05, 0.1) is 17.9 Å². The molecule has 0 unspecified atom stereocenters. The molecule has 0 saturated heterocycles. The van der Waals surface area contributed by atoms with Gasteiger partial charge in [0.25, 0.3) is 0 Å². The molecule has 0 saturated carbocycles. The number of halogens is 3. The number of alkyl halides is 3. The second kappa shape index (κ2) is 7.94. The number of hydrogen-bond donors (Lipinski definition) is 2. The maximum absolute atomic E-state index is 12.8. The molecule has 0 fully saturated rings. The molecule has 27 heavy (non-hydrogen) atoms. The summed E-state index contributed by atoms with van der Waals surface area (Å²) in [6.07, 6.45) is -2.90. The van der Waals surface area contributed by atoms with E-state index in [9.17, 15) is 13.2 Å². The predicted octanol–water partition coefficient (Wildman–Crippen LogP) is 5.38. The third-order valence-corrected chi connectivity index (χ3v) is 3.55. The number of nitrogens with one attached hydrogen (secondary N) is 2. The fourth-order valence-corrected chi connectivity index (χ4v) is 2.38. The molecule has 0 bridgehead atoms. The average Bonchev–Trinajstić information content (AvgIpc) is 2.63. The Morgan fingerprint density at radius 2 is 1.81 bits per heavy atom. The van der Waals surface area contributed by atoms with E-state index >= 15 is 0 Å². The quantitative estimate of drug-likeness (QED) is 0.606. The zero-order valence-corrected chi connectivity index (χ0v) is 14.4. The molecule has 0 aliphatic carbocycles. The molecule has 1 aromatic heterocycles. The van der Waals surface area contributed by atoms with Crippen LogP contribution in [0.1, 0.15) is 12.5 Å². The van der Waals surface area contributed by atoms with Crippen molar-refractivity contribution in [2.75, 3.05) is 17.2 Å². The van der Waals surface area contributed by atoms with Crippen LogP contribution in [0.2, 0.25) is 0 Å². The normalized spacial score (nSPS) is 11.1. The molecule has 0 amide bonds. The van der Waals surface area contributed by atoms with Gasteiger partial charge in [0.1, 0.15) is 11.6 Å². The average molecular weight is 374 g/mol. The molecule has 0 spiro atoms. The number of aromatic nitrogens is 2. The summed E-state index contributed by atoms with van der Waals surface area (Å²) < 4.78 is 44.1. The molecule has 0 aliphatic rings. The lowest BCUT2D eigenvalue weighted by atomic mass is 10.2. The van der Waals surface area contributed by atoms with Crippen LogP contribution in [0.15, 0.2) is 60.8 Å². The predicted molar refractivity (Wildman–Crippen MR) is 97.7 cm³/mol. The van der Waals surface area contributed by atoms with Gasteiger partial charge in [-0.2, -0.15) is 18.2 Å². The van der Waals surface area contributed by atoms with Gasteiger partial charge in [-0.15, -0.1) is 0 Å². The molecule has 3 aromatic rings. The molecule has 5 nitrogen and oxygen atoms in total. The van der Waals surface area contributed by atoms with Crippen LogP contribution in [0, 0.1) is 0 Å². The topological polar surface area (TPSA) is 59.1 Å². The molecule has 140 valence electrons. The fraction of sp³-hybridized carbons (Fsp3) is 0.158. The van der Waals surface area contributed by atoms with Gasteiger partial charge in [0.2, 0.25) is 5.95 Å². The molecular formula is C19H17F3N4O. The van der Waals surface area contributed by atoms with Crippen LogP contribution in [0.5, 0.6) is 5.75 Å². The van der Waals surface area contributed by atoms with Crippen LogP contribution in [-0.2, 0) is 6.18 Å². The minimum absolute atomic E-state index is 0.282. The Morgan fingerprint density at radius 3 is 2.59 bits per heavy atom. The van der Waals surface area contributed by atoms with E-state index in [-0.39, 0.29) is 5.69 Å². The molecule has 2 aromatic carbocycles. The van der Waals surface area contributed by atoms with Crippen molar-refractivity contribution in [2.45, 2.75) is 13.1 Å². The van der Waals surface area contributed by atoms with Gasteiger partial charge in [0.15, 0.2) is 0 Å². The van der Waals surface area contributed by atoms with Crippen molar-refractivity contribution in [3.05, 3.63) is 66.4 Å². The Balaban J connectivity index is 1.79. The third kappa shape index (κ3) is 4.87. The Bertz CT molecular complexity index is 915. The van der Waals surface area contributed by atoms with Crippen molar-refractivity contribution in [3.8, 4) is 5.75 Å². The lowest BCUT2D eigenvalue weighted by molar-refractivity contribution is -0.137. The van der Waals surface area contributed by atoms with Crippen molar-refractivity contribution >= 4 is 23.1 Å². The Morgan fingerprint density at radius 1 is 1.00 bits per heavy atom. The molecule has 2 N–H and O–H groups in total. The van der Waals surface area contributed by atoms with E-state index < -0.39 is 11.7 Å². The highest BCUT2D eigenvalue weighted by atomic mass is 19.4. The van der Waals surface area contributed by atoms with Crippen LogP contribution in [0.3, 0.4) is 0 Å². The highest BCUT2D eigenvalue weighted by Crippen LogP contribution is 2.31. The monoisotopic (exact) mass is 374 g/mol. The van der Waals surface area contributed by atoms with Crippen LogP contribution >= 0.6 is 0 Å². The molecule has 3 rings (SSSR count). The largest absolute Gasteiger partial charge is 0.492 e. The summed E-state index contributed by atoms with van der Waals surface area (Å²) in [6, 6.07) is 13.8. The highest BCUT2D eigenvalue weighted by molar-refractivity contribution is 5.64. The SMILES string of the molecule is CCOc1ccccc1Nc1nccc(Nc2cccc(C(F)(F)F)c2)n1. The molecule has 0 atom stereocenters. The molecule has 0 radical (unpaired) electrons. The summed E-state index contributed by atoms with van der Waals surface area (Å²) in [7, 11) is 0. The second-order valence-electron chi connectivity index (χ2n) is 5.52. The fourth-order valence-electron chi connectivity index (χ4n) is 2.38. The first kappa shape index (κ1) is 18.5. The van der Waals surface area contributed by atoms with Crippen LogP contribution in [-0.4, -0.2) is 16.6 Å². The Kier molecular flexibility index (Phi) is 5.44. The first-order valence-corrected chi connectivity index (χ1v) is 8.22. The van der Waals surface area contributed by atoms with Crippen molar-refractivity contribution in [1.82, 2.24) is 9.97 Å². The number of para-hydroxylation sites is 2. The van der Waals surface area contributed by atoms with Gasteiger partial charge in [-0.25, -0.2) is 4.98 Å². The summed E-state index contributed by atoms with van der Waals surface area (Å²) >= 11 is 0. The van der Waals surface area contributed by atoms with Gasteiger partial charge in [0, 0.05) is 11.9 Å². The van der Waals surface area contributed by atoms with Gasteiger partial charge >= 0.3 is 6.18 Å². The highest BCUT2D eigenvalue weighted by Gasteiger charge is 2.30. The van der Waals surface area contributed by atoms with Crippen LogP contribution < -0.4 is 15.4 Å². The molecule has 8 heteroatoms. The number of ether oxygens (including phenoxy) is 1. The third-order valence-electron chi connectivity index (χ3n) is 3.55. The van der Waals surface area contributed by atoms with E-state index in [0.29, 0.717) is 29.8 Å². The van der Waals surface area contributed by atoms with Crippen molar-refractivity contribution in [2.24, 2.45) is 0 Å². The zero-order chi connectivity index (χ0) is 19.3. The maximum Gasteiger partial charge on any atom is 0.416 e. The van der Waals surface area contributed by atoms with Gasteiger partial charge < -0.3 is 15.4 Å². The Hall–Kier alpha value is -3.29. The first-order valence-electron chi connectivity index (χ1n) is 8.22. The van der Waals surface area contributed by atoms with Crippen molar-refractivity contribution in [3.63, 3.8) is 0 Å². The van der Waals surface area contributed by atoms with Crippen molar-refractivity contribution in [1.29, 1.82) is 0 Å². The Labute approximate surface area is 154 Å². The number of benzene rings is 2. The smallest absolute Gasteiger partial charge is 0.416 e. The van der Waals surface area contributed by atoms with Gasteiger partial charge in [-0.05, 0) is 43.3 Å². The van der Waals surface area contributed by atoms with E-state index in [1.54, 1.807) is 6.07 Å². The van der Waals surface area contributed by atoms with Gasteiger partial charge in [-0.1, -0.05) is 18.2 Å². The lowest BCUT2D eigenvalue weighted by Gasteiger charge is -2.13. The first-order chi connectivity index (χ1) is 13.0. The standard InChI is InChI=1S/C19H17F3N4O/c1-2-27-16-9-4-3-8-15(16)25-18-23-11-10-17(26-18)24-14-7-5-6-13(12-14)19(20,21)22/h3-12H,2H2,1H3,(H2,23,24,25,26). The van der Waals surface area contributed by atoms with E-state index in [2.05, 4.69) is 20.6 Å². The number of anilines is 4. The van der Waals surface area contributed by atoms with Gasteiger partial charge in [-0.3, -0.25) is 0 Å². The minimum Gasteiger partial charge on any atom is -0.492 e. The number of nitrogens with zero attached hydrogens (tertiary/aromatic N) is 2.